The molecular formula is C63H63GeIrN3S-2. The van der Waals surface area contributed by atoms with Crippen molar-refractivity contribution in [2.24, 2.45) is 5.41 Å². The minimum absolute atomic E-state index is 0. The summed E-state index contributed by atoms with van der Waals surface area (Å²) in [7, 11) is 0. The smallest absolute Gasteiger partial charge is 0 e. The Bertz CT molecular complexity index is 3590. The van der Waals surface area contributed by atoms with Gasteiger partial charge in [-0.05, 0) is 79.6 Å². The predicted molar refractivity (Wildman–Crippen MR) is 297 cm³/mol. The summed E-state index contributed by atoms with van der Waals surface area (Å²) >= 11 is -0.518. The third-order valence-electron chi connectivity index (χ3n) is 12.4. The Labute approximate surface area is 437 Å². The van der Waals surface area contributed by atoms with Crippen LogP contribution in [0.4, 0.5) is 0 Å². The summed E-state index contributed by atoms with van der Waals surface area (Å²) in [5, 5.41) is 2.51. The standard InChI is InChI=1S/C43H35N2S.C20H28GeN.Ir/c1-27(2)31-18-12-19-32(28(3)4)41(31)45-39-23-11-10-22-38(39)44-43(45)36-21-13-20-35-37-26-30(24-25-40(37)46-42(35)36)34-17-9-8-16-33(34)29-14-6-5-7-15-29;1-15-8-10-16(11-9-15)19-12-17(13-20(2,3)4)18(14-22-19)21(5,6)7;/h5-20,22-28H,1-4H3;8-10,12,14H,13H2,1-7H3;/q2*-1;/i;1D3,13D2;. The van der Waals surface area contributed by atoms with Crippen LogP contribution in [0.25, 0.3) is 81.8 Å². The molecule has 69 heavy (non-hydrogen) atoms. The van der Waals surface area contributed by atoms with Crippen molar-refractivity contribution in [1.82, 2.24) is 14.5 Å². The molecule has 6 heteroatoms. The van der Waals surface area contributed by atoms with E-state index in [-0.39, 0.29) is 25.7 Å². The first kappa shape index (κ1) is 43.6. The summed E-state index contributed by atoms with van der Waals surface area (Å²) in [6.45, 7) is 12.7. The molecule has 0 amide bonds. The van der Waals surface area contributed by atoms with E-state index in [0.29, 0.717) is 28.7 Å². The van der Waals surface area contributed by atoms with Gasteiger partial charge in [0.25, 0.3) is 0 Å². The maximum absolute atomic E-state index is 8.80. The molecule has 3 heterocycles. The monoisotopic (exact) mass is 1170 g/mol. The molecule has 7 aromatic carbocycles. The summed E-state index contributed by atoms with van der Waals surface area (Å²) in [6, 6.07) is 59.1. The van der Waals surface area contributed by atoms with E-state index in [2.05, 4.69) is 194 Å². The van der Waals surface area contributed by atoms with E-state index in [0.717, 1.165) is 26.8 Å². The molecule has 10 aromatic rings. The van der Waals surface area contributed by atoms with Gasteiger partial charge in [0.2, 0.25) is 0 Å². The zero-order valence-electron chi connectivity index (χ0n) is 46.2. The Kier molecular flexibility index (Phi) is 12.9. The Morgan fingerprint density at radius 3 is 2.06 bits per heavy atom. The first-order valence-corrected chi connectivity index (χ1v) is 31.9. The number of para-hydroxylation sites is 3. The van der Waals surface area contributed by atoms with E-state index in [9.17, 15) is 0 Å². The number of benzene rings is 7. The molecular weight excluding hydrogens is 1100 g/mol. The van der Waals surface area contributed by atoms with Crippen LogP contribution >= 0.6 is 11.3 Å². The molecule has 3 aromatic heterocycles. The van der Waals surface area contributed by atoms with Gasteiger partial charge in [-0.15, -0.1) is 18.2 Å². The number of thiophene rings is 1. The van der Waals surface area contributed by atoms with Gasteiger partial charge in [-0.3, -0.25) is 4.98 Å². The molecule has 3 nitrogen and oxygen atoms in total. The molecule has 0 aliphatic carbocycles. The molecule has 0 unspecified atom stereocenters. The normalized spacial score (nSPS) is 13.4. The van der Waals surface area contributed by atoms with Crippen LogP contribution in [0.15, 0.2) is 158 Å². The van der Waals surface area contributed by atoms with E-state index >= 15 is 0 Å². The summed E-state index contributed by atoms with van der Waals surface area (Å²) in [5.74, 6) is 8.37. The molecule has 0 saturated carbocycles. The molecule has 0 saturated heterocycles. The average molecular weight is 1160 g/mol. The van der Waals surface area contributed by atoms with Crippen LogP contribution in [0.3, 0.4) is 0 Å². The van der Waals surface area contributed by atoms with Gasteiger partial charge in [-0.1, -0.05) is 130 Å². The van der Waals surface area contributed by atoms with Gasteiger partial charge in [-0.25, -0.2) is 0 Å². The van der Waals surface area contributed by atoms with Gasteiger partial charge >= 0.3 is 145 Å². The van der Waals surface area contributed by atoms with Gasteiger partial charge < -0.3 is 4.57 Å². The van der Waals surface area contributed by atoms with Gasteiger partial charge in [0, 0.05) is 30.5 Å². The maximum Gasteiger partial charge on any atom is 0 e. The second-order valence-corrected chi connectivity index (χ2v) is 32.0. The summed E-state index contributed by atoms with van der Waals surface area (Å²) < 4.78 is 46.0. The van der Waals surface area contributed by atoms with Crippen molar-refractivity contribution in [2.45, 2.75) is 90.8 Å². The first-order chi connectivity index (χ1) is 34.5. The second-order valence-electron chi connectivity index (χ2n) is 20.4. The van der Waals surface area contributed by atoms with Crippen molar-refractivity contribution >= 4 is 60.2 Å². The van der Waals surface area contributed by atoms with Gasteiger partial charge in [0.05, 0.1) is 16.9 Å². The third kappa shape index (κ3) is 10.5. The van der Waals surface area contributed by atoms with Crippen LogP contribution in [0.2, 0.25) is 17.3 Å². The largest absolute Gasteiger partial charge is 0 e. The number of hydrogen-bond acceptors (Lipinski definition) is 3. The van der Waals surface area contributed by atoms with Crippen LogP contribution in [-0.4, -0.2) is 27.8 Å². The summed E-state index contributed by atoms with van der Waals surface area (Å²) in [5.41, 5.74) is 13.7. The molecule has 10 rings (SSSR count). The van der Waals surface area contributed by atoms with Crippen LogP contribution in [0.1, 0.15) is 89.4 Å². The molecule has 0 bridgehead atoms. The third-order valence-corrected chi connectivity index (χ3v) is 17.8. The molecule has 0 N–H and O–H groups in total. The van der Waals surface area contributed by atoms with Gasteiger partial charge in [-0.2, -0.15) is 11.3 Å². The van der Waals surface area contributed by atoms with Crippen LogP contribution in [-0.2, 0) is 26.5 Å². The predicted octanol–water partition coefficient (Wildman–Crippen LogP) is 17.4. The Hall–Kier alpha value is -5.43. The van der Waals surface area contributed by atoms with Crippen molar-refractivity contribution in [3.63, 3.8) is 0 Å². The van der Waals surface area contributed by atoms with Crippen molar-refractivity contribution in [1.29, 1.82) is 0 Å². The van der Waals surface area contributed by atoms with Crippen molar-refractivity contribution < 1.29 is 27.0 Å². The zero-order valence-corrected chi connectivity index (χ0v) is 46.6. The van der Waals surface area contributed by atoms with Crippen molar-refractivity contribution in [2.75, 3.05) is 0 Å². The maximum atomic E-state index is 8.80. The summed E-state index contributed by atoms with van der Waals surface area (Å²) in [4.78, 5) is 9.90. The fourth-order valence-electron chi connectivity index (χ4n) is 9.16. The molecule has 0 atom stereocenters. The Balaban J connectivity index is 0.000000224. The van der Waals surface area contributed by atoms with Crippen LogP contribution in [0, 0.1) is 24.4 Å². The van der Waals surface area contributed by atoms with Crippen LogP contribution in [0.5, 0.6) is 0 Å². The molecule has 1 radical (unpaired) electrons. The summed E-state index contributed by atoms with van der Waals surface area (Å²) in [6.07, 6.45) is 0.303. The number of nitrogens with zero attached hydrogens (tertiary/aromatic N) is 3. The Morgan fingerprint density at radius 2 is 1.41 bits per heavy atom. The fourth-order valence-corrected chi connectivity index (χ4v) is 13.3. The number of hydrogen-bond donors (Lipinski definition) is 0. The Morgan fingerprint density at radius 1 is 0.725 bits per heavy atom. The molecule has 0 aliphatic rings. The quantitative estimate of drug-likeness (QED) is 0.107. The fraction of sp³-hybridized carbons (Fsp3) is 0.238. The van der Waals surface area contributed by atoms with E-state index < -0.39 is 31.9 Å². The number of rotatable bonds is 9. The average Bonchev–Trinajstić information content (AvgIpc) is 3.94. The van der Waals surface area contributed by atoms with E-state index in [4.69, 9.17) is 11.8 Å². The number of aromatic nitrogens is 3. The van der Waals surface area contributed by atoms with Crippen molar-refractivity contribution in [3.05, 3.63) is 192 Å². The number of pyridine rings is 1. The molecule has 0 aliphatic heterocycles. The SMILES string of the molecule is CC(C)c1cccc(C(C)C)c1-n1c(-c2[c-]ccc3c2sc2ccc(-c4ccccc4-c4ccccc4)cc23)nc2ccccc21.[2H]C([2H])([2H])c1c[c-]c(-c2cc(C([2H])([2H])C(C)(C)C)[c]([Ge]([CH3])([CH3])[CH3])cn2)cc1.[Ir]. The topological polar surface area (TPSA) is 30.7 Å². The minimum Gasteiger partial charge on any atom is 0 e. The molecule has 0 spiro atoms. The van der Waals surface area contributed by atoms with Crippen molar-refractivity contribution in [3.8, 4) is 50.6 Å². The van der Waals surface area contributed by atoms with Crippen LogP contribution < -0.4 is 4.40 Å². The number of fused-ring (bicyclic) bond motifs is 4. The van der Waals surface area contributed by atoms with E-state index in [1.54, 1.807) is 12.1 Å². The molecule has 351 valence electrons. The van der Waals surface area contributed by atoms with E-state index in [1.807, 2.05) is 44.4 Å². The second kappa shape index (κ2) is 20.5. The number of aryl methyl sites for hydroxylation is 1. The van der Waals surface area contributed by atoms with Gasteiger partial charge in [0.15, 0.2) is 0 Å². The van der Waals surface area contributed by atoms with E-state index in [1.165, 1.54) is 65.3 Å². The first-order valence-electron chi connectivity index (χ1n) is 26.2. The minimum atomic E-state index is -2.36. The number of imidazole rings is 1. The van der Waals surface area contributed by atoms with Gasteiger partial charge in [0.1, 0.15) is 0 Å². The zero-order chi connectivity index (χ0) is 52.2. The molecule has 0 fully saturated rings.